The van der Waals surface area contributed by atoms with Gasteiger partial charge in [-0.25, -0.2) is 0 Å². The van der Waals surface area contributed by atoms with Gasteiger partial charge in [-0.1, -0.05) is 24.6 Å². The minimum atomic E-state index is -0.626. The Hall–Kier alpha value is -1.26. The summed E-state index contributed by atoms with van der Waals surface area (Å²) in [5.41, 5.74) is 0.707. The molecule has 112 valence electrons. The molecular weight excluding hydrogens is 278 g/mol. The Bertz CT molecular complexity index is 462. The second kappa shape index (κ2) is 7.50. The van der Waals surface area contributed by atoms with E-state index in [9.17, 15) is 9.90 Å². The van der Waals surface area contributed by atoms with Gasteiger partial charge in [0.15, 0.2) is 6.10 Å². The van der Waals surface area contributed by atoms with Crippen molar-refractivity contribution in [2.45, 2.75) is 52.4 Å². The van der Waals surface area contributed by atoms with Gasteiger partial charge in [-0.3, -0.25) is 4.79 Å². The number of halogens is 1. The topological polar surface area (TPSA) is 58.6 Å². The van der Waals surface area contributed by atoms with Crippen molar-refractivity contribution in [2.75, 3.05) is 0 Å². The molecule has 5 heteroatoms. The number of carbonyl (C=O) groups is 1. The molecule has 0 aliphatic heterocycles. The molecule has 1 amide bonds. The van der Waals surface area contributed by atoms with Crippen molar-refractivity contribution in [3.63, 3.8) is 0 Å². The second-order valence-electron chi connectivity index (χ2n) is 4.94. The summed E-state index contributed by atoms with van der Waals surface area (Å²) in [7, 11) is 0. The van der Waals surface area contributed by atoms with Crippen molar-refractivity contribution in [2.24, 2.45) is 0 Å². The minimum Gasteiger partial charge on any atom is -0.479 e. The maximum Gasteiger partial charge on any atom is 0.260 e. The summed E-state index contributed by atoms with van der Waals surface area (Å²) >= 11 is 6.09. The Labute approximate surface area is 125 Å². The number of amides is 1. The summed E-state index contributed by atoms with van der Waals surface area (Å²) in [5, 5.41) is 12.7. The van der Waals surface area contributed by atoms with Crippen LogP contribution in [0.4, 0.5) is 0 Å². The van der Waals surface area contributed by atoms with E-state index < -0.39 is 12.2 Å². The van der Waals surface area contributed by atoms with Crippen molar-refractivity contribution >= 4 is 17.5 Å². The van der Waals surface area contributed by atoms with E-state index in [4.69, 9.17) is 16.3 Å². The van der Waals surface area contributed by atoms with E-state index in [0.717, 1.165) is 6.42 Å². The van der Waals surface area contributed by atoms with E-state index in [1.165, 1.54) is 0 Å². The number of ether oxygens (including phenoxy) is 1. The molecule has 0 spiro atoms. The van der Waals surface area contributed by atoms with E-state index in [1.807, 2.05) is 13.8 Å². The molecule has 2 unspecified atom stereocenters. The number of benzene rings is 1. The largest absolute Gasteiger partial charge is 0.479 e. The van der Waals surface area contributed by atoms with Crippen LogP contribution in [0.5, 0.6) is 5.75 Å². The van der Waals surface area contributed by atoms with E-state index in [-0.39, 0.29) is 11.9 Å². The summed E-state index contributed by atoms with van der Waals surface area (Å²) < 4.78 is 5.56. The Morgan fingerprint density at radius 2 is 2.05 bits per heavy atom. The number of carbonyl (C=O) groups excluding carboxylic acids is 1. The molecule has 1 aromatic rings. The number of aliphatic hydroxyl groups excluding tert-OH is 1. The highest BCUT2D eigenvalue weighted by Crippen LogP contribution is 2.28. The first-order valence-corrected chi connectivity index (χ1v) is 7.17. The third kappa shape index (κ3) is 4.69. The van der Waals surface area contributed by atoms with Crippen LogP contribution in [0, 0.1) is 0 Å². The third-order valence-corrected chi connectivity index (χ3v) is 3.41. The summed E-state index contributed by atoms with van der Waals surface area (Å²) in [5.74, 6) is 0.262. The van der Waals surface area contributed by atoms with Gasteiger partial charge in [0, 0.05) is 6.04 Å². The van der Waals surface area contributed by atoms with Gasteiger partial charge in [-0.05, 0) is 44.9 Å². The molecule has 0 aliphatic carbocycles. The van der Waals surface area contributed by atoms with Crippen LogP contribution in [0.25, 0.3) is 0 Å². The molecule has 0 aliphatic rings. The highest BCUT2D eigenvalue weighted by Gasteiger charge is 2.17. The van der Waals surface area contributed by atoms with Crippen LogP contribution >= 0.6 is 11.6 Å². The third-order valence-electron chi connectivity index (χ3n) is 3.11. The predicted molar refractivity (Wildman–Crippen MR) is 80.1 cm³/mol. The van der Waals surface area contributed by atoms with E-state index in [0.29, 0.717) is 16.3 Å². The average Bonchev–Trinajstić information content (AvgIpc) is 2.40. The highest BCUT2D eigenvalue weighted by atomic mass is 35.5. The lowest BCUT2D eigenvalue weighted by molar-refractivity contribution is -0.127. The minimum absolute atomic E-state index is 0.113. The zero-order valence-electron chi connectivity index (χ0n) is 12.3. The summed E-state index contributed by atoms with van der Waals surface area (Å²) in [4.78, 5) is 11.9. The van der Waals surface area contributed by atoms with E-state index >= 15 is 0 Å². The number of aliphatic hydroxyl groups is 1. The summed E-state index contributed by atoms with van der Waals surface area (Å²) in [6, 6.07) is 5.14. The van der Waals surface area contributed by atoms with Gasteiger partial charge in [0.2, 0.25) is 0 Å². The molecule has 1 rings (SSSR count). The van der Waals surface area contributed by atoms with Crippen molar-refractivity contribution in [3.8, 4) is 5.75 Å². The lowest BCUT2D eigenvalue weighted by Gasteiger charge is -2.18. The van der Waals surface area contributed by atoms with E-state index in [1.54, 1.807) is 32.0 Å². The first kappa shape index (κ1) is 16.8. The number of hydrogen-bond donors (Lipinski definition) is 2. The van der Waals surface area contributed by atoms with Gasteiger partial charge in [0.1, 0.15) is 5.75 Å². The van der Waals surface area contributed by atoms with Crippen molar-refractivity contribution in [1.29, 1.82) is 0 Å². The van der Waals surface area contributed by atoms with Crippen molar-refractivity contribution in [3.05, 3.63) is 28.8 Å². The standard InChI is InChI=1S/C15H22ClNO3/c1-5-9(2)17-15(19)11(4)20-14-7-6-12(10(3)18)8-13(14)16/h6-11,18H,5H2,1-4H3,(H,17,19)/t9?,10-,11?/m1/s1. The zero-order chi connectivity index (χ0) is 15.3. The lowest BCUT2D eigenvalue weighted by Crippen LogP contribution is -2.41. The number of nitrogens with one attached hydrogen (secondary N) is 1. The molecule has 0 saturated carbocycles. The van der Waals surface area contributed by atoms with Crippen LogP contribution in [0.1, 0.15) is 45.8 Å². The summed E-state index contributed by atoms with van der Waals surface area (Å²) in [6.07, 6.45) is -0.353. The zero-order valence-corrected chi connectivity index (χ0v) is 13.1. The van der Waals surface area contributed by atoms with Crippen LogP contribution in [-0.2, 0) is 4.79 Å². The van der Waals surface area contributed by atoms with Gasteiger partial charge in [0.05, 0.1) is 11.1 Å². The smallest absolute Gasteiger partial charge is 0.260 e. The fraction of sp³-hybridized carbons (Fsp3) is 0.533. The molecule has 0 saturated heterocycles. The molecule has 4 nitrogen and oxygen atoms in total. The Balaban J connectivity index is 2.71. The number of hydrogen-bond acceptors (Lipinski definition) is 3. The molecular formula is C15H22ClNO3. The maximum atomic E-state index is 11.9. The molecule has 20 heavy (non-hydrogen) atoms. The molecule has 3 atom stereocenters. The van der Waals surface area contributed by atoms with Gasteiger partial charge in [-0.2, -0.15) is 0 Å². The predicted octanol–water partition coefficient (Wildman–Crippen LogP) is 3.08. The van der Waals surface area contributed by atoms with Gasteiger partial charge >= 0.3 is 0 Å². The van der Waals surface area contributed by atoms with Gasteiger partial charge in [0.25, 0.3) is 5.91 Å². The average molecular weight is 300 g/mol. The quantitative estimate of drug-likeness (QED) is 0.848. The second-order valence-corrected chi connectivity index (χ2v) is 5.35. The maximum absolute atomic E-state index is 11.9. The lowest BCUT2D eigenvalue weighted by atomic mass is 10.1. The SMILES string of the molecule is CCC(C)NC(=O)C(C)Oc1ccc([C@@H](C)O)cc1Cl. The fourth-order valence-corrected chi connectivity index (χ4v) is 1.81. The van der Waals surface area contributed by atoms with Crippen LogP contribution in [-0.4, -0.2) is 23.2 Å². The van der Waals surface area contributed by atoms with Gasteiger partial charge < -0.3 is 15.2 Å². The molecule has 2 N–H and O–H groups in total. The molecule has 0 radical (unpaired) electrons. The Kier molecular flexibility index (Phi) is 6.30. The molecule has 0 aromatic heterocycles. The van der Waals surface area contributed by atoms with Crippen LogP contribution in [0.3, 0.4) is 0 Å². The molecule has 0 fully saturated rings. The van der Waals surface area contributed by atoms with Gasteiger partial charge in [-0.15, -0.1) is 0 Å². The fourth-order valence-electron chi connectivity index (χ4n) is 1.58. The summed E-state index contributed by atoms with van der Waals surface area (Å²) in [6.45, 7) is 7.28. The van der Waals surface area contributed by atoms with Crippen LogP contribution in [0.15, 0.2) is 18.2 Å². The normalized spacial score (nSPS) is 15.3. The molecule has 0 bridgehead atoms. The van der Waals surface area contributed by atoms with E-state index in [2.05, 4.69) is 5.32 Å². The Morgan fingerprint density at radius 3 is 2.55 bits per heavy atom. The van der Waals surface area contributed by atoms with Crippen molar-refractivity contribution < 1.29 is 14.6 Å². The first-order valence-electron chi connectivity index (χ1n) is 6.79. The molecule has 0 heterocycles. The first-order chi connectivity index (χ1) is 9.35. The Morgan fingerprint density at radius 1 is 1.40 bits per heavy atom. The molecule has 1 aromatic carbocycles. The monoisotopic (exact) mass is 299 g/mol. The number of rotatable bonds is 6. The van der Waals surface area contributed by atoms with Crippen LogP contribution < -0.4 is 10.1 Å². The van der Waals surface area contributed by atoms with Crippen LogP contribution in [0.2, 0.25) is 5.02 Å². The van der Waals surface area contributed by atoms with Crippen molar-refractivity contribution in [1.82, 2.24) is 5.32 Å². The highest BCUT2D eigenvalue weighted by molar-refractivity contribution is 6.32.